The highest BCUT2D eigenvalue weighted by atomic mass is 16.6. The first-order valence-corrected chi connectivity index (χ1v) is 8.62. The molecule has 0 fully saturated rings. The molecule has 0 saturated heterocycles. The summed E-state index contributed by atoms with van der Waals surface area (Å²) in [4.78, 5) is 35.8. The number of esters is 1. The highest BCUT2D eigenvalue weighted by molar-refractivity contribution is 5.93. The molecule has 29 heavy (non-hydrogen) atoms. The number of rotatable bonds is 4. The number of carbonyl (C=O) groups excluding carboxylic acids is 1. The Morgan fingerprint density at radius 1 is 0.897 bits per heavy atom. The van der Waals surface area contributed by atoms with Gasteiger partial charge < -0.3 is 9.15 Å². The van der Waals surface area contributed by atoms with E-state index in [1.165, 1.54) is 24.3 Å². The summed E-state index contributed by atoms with van der Waals surface area (Å²) < 4.78 is 11.3. The minimum absolute atomic E-state index is 0.0715. The second kappa shape index (κ2) is 7.40. The van der Waals surface area contributed by atoms with Crippen LogP contribution in [0.25, 0.3) is 22.3 Å². The summed E-state index contributed by atoms with van der Waals surface area (Å²) in [5.74, 6) is -0.928. The van der Waals surface area contributed by atoms with Gasteiger partial charge in [-0.25, -0.2) is 4.79 Å². The summed E-state index contributed by atoms with van der Waals surface area (Å²) in [6.45, 7) is 0. The zero-order valence-electron chi connectivity index (χ0n) is 14.9. The summed E-state index contributed by atoms with van der Waals surface area (Å²) in [5, 5.41) is 11.1. The van der Waals surface area contributed by atoms with Gasteiger partial charge in [0.15, 0.2) is 5.76 Å². The van der Waals surface area contributed by atoms with Gasteiger partial charge >= 0.3 is 5.97 Å². The Hall–Kier alpha value is -4.26. The van der Waals surface area contributed by atoms with E-state index in [2.05, 4.69) is 0 Å². The number of carbonyl (C=O) groups is 1. The minimum atomic E-state index is -0.820. The zero-order valence-corrected chi connectivity index (χ0v) is 14.9. The molecule has 0 aliphatic heterocycles. The van der Waals surface area contributed by atoms with Crippen molar-refractivity contribution in [3.63, 3.8) is 0 Å². The van der Waals surface area contributed by atoms with E-state index in [1.807, 2.05) is 6.07 Å². The summed E-state index contributed by atoms with van der Waals surface area (Å²) in [6, 6.07) is 20.4. The van der Waals surface area contributed by atoms with E-state index in [-0.39, 0.29) is 28.1 Å². The standard InChI is InChI=1S/C22H13NO6/c24-19-17-8-4-5-9-18(17)28-20(14-6-2-1-3-7-14)21(19)29-22(25)15-10-12-16(13-11-15)23(26)27/h1-13H. The normalized spacial score (nSPS) is 10.6. The Morgan fingerprint density at radius 3 is 2.24 bits per heavy atom. The predicted octanol–water partition coefficient (Wildman–Crippen LogP) is 4.59. The van der Waals surface area contributed by atoms with Gasteiger partial charge in [0.25, 0.3) is 5.69 Å². The predicted molar refractivity (Wildman–Crippen MR) is 106 cm³/mol. The number of nitro groups is 1. The number of nitro benzene ring substituents is 1. The molecule has 3 aromatic carbocycles. The monoisotopic (exact) mass is 387 g/mol. The van der Waals surface area contributed by atoms with Gasteiger partial charge in [-0.15, -0.1) is 0 Å². The highest BCUT2D eigenvalue weighted by Gasteiger charge is 2.21. The van der Waals surface area contributed by atoms with Crippen LogP contribution in [-0.4, -0.2) is 10.9 Å². The van der Waals surface area contributed by atoms with Crippen molar-refractivity contribution >= 4 is 22.6 Å². The van der Waals surface area contributed by atoms with Crippen molar-refractivity contribution in [2.75, 3.05) is 0 Å². The third-order valence-corrected chi connectivity index (χ3v) is 4.30. The molecule has 0 bridgehead atoms. The topological polar surface area (TPSA) is 99.7 Å². The van der Waals surface area contributed by atoms with Gasteiger partial charge in [0.2, 0.25) is 11.2 Å². The first-order chi connectivity index (χ1) is 14.0. The number of ether oxygens (including phenoxy) is 1. The highest BCUT2D eigenvalue weighted by Crippen LogP contribution is 2.31. The Bertz CT molecular complexity index is 1280. The molecule has 0 atom stereocenters. The van der Waals surface area contributed by atoms with E-state index < -0.39 is 16.3 Å². The van der Waals surface area contributed by atoms with Gasteiger partial charge in [0, 0.05) is 17.7 Å². The summed E-state index contributed by atoms with van der Waals surface area (Å²) in [5.41, 5.74) is 0.369. The molecule has 1 aromatic heterocycles. The van der Waals surface area contributed by atoms with Gasteiger partial charge in [0.1, 0.15) is 5.58 Å². The molecule has 142 valence electrons. The van der Waals surface area contributed by atoms with E-state index in [9.17, 15) is 19.7 Å². The minimum Gasteiger partial charge on any atom is -0.452 e. The van der Waals surface area contributed by atoms with Gasteiger partial charge in [0.05, 0.1) is 15.9 Å². The number of nitrogens with zero attached hydrogens (tertiary/aromatic N) is 1. The molecule has 0 N–H and O–H groups in total. The third kappa shape index (κ3) is 3.49. The van der Waals surface area contributed by atoms with Gasteiger partial charge in [-0.2, -0.15) is 0 Å². The van der Waals surface area contributed by atoms with E-state index in [0.717, 1.165) is 0 Å². The van der Waals surface area contributed by atoms with Crippen molar-refractivity contribution in [1.82, 2.24) is 0 Å². The van der Waals surface area contributed by atoms with Crippen LogP contribution in [0.2, 0.25) is 0 Å². The first-order valence-electron chi connectivity index (χ1n) is 8.62. The quantitative estimate of drug-likeness (QED) is 0.288. The van der Waals surface area contributed by atoms with E-state index in [4.69, 9.17) is 9.15 Å². The van der Waals surface area contributed by atoms with Crippen LogP contribution in [0.3, 0.4) is 0 Å². The number of hydrogen-bond acceptors (Lipinski definition) is 6. The van der Waals surface area contributed by atoms with Crippen molar-refractivity contribution in [1.29, 1.82) is 0 Å². The molecule has 1 heterocycles. The summed E-state index contributed by atoms with van der Waals surface area (Å²) >= 11 is 0. The Morgan fingerprint density at radius 2 is 1.55 bits per heavy atom. The lowest BCUT2D eigenvalue weighted by molar-refractivity contribution is -0.384. The van der Waals surface area contributed by atoms with Crippen LogP contribution in [0.5, 0.6) is 5.75 Å². The van der Waals surface area contributed by atoms with Gasteiger partial charge in [-0.1, -0.05) is 42.5 Å². The van der Waals surface area contributed by atoms with Crippen LogP contribution in [-0.2, 0) is 0 Å². The SMILES string of the molecule is O=C(Oc1c(-c2ccccc2)oc2ccccc2c1=O)c1ccc([N+](=O)[O-])cc1. The molecule has 7 heteroatoms. The van der Waals surface area contributed by atoms with Crippen molar-refractivity contribution in [3.8, 4) is 17.1 Å². The molecular weight excluding hydrogens is 374 g/mol. The molecule has 0 saturated carbocycles. The lowest BCUT2D eigenvalue weighted by Gasteiger charge is -2.10. The maximum absolute atomic E-state index is 13.0. The van der Waals surface area contributed by atoms with Crippen LogP contribution in [0.15, 0.2) is 88.1 Å². The van der Waals surface area contributed by atoms with Crippen molar-refractivity contribution in [3.05, 3.63) is 105 Å². The Kier molecular flexibility index (Phi) is 4.62. The second-order valence-electron chi connectivity index (χ2n) is 6.15. The zero-order chi connectivity index (χ0) is 20.4. The molecule has 0 spiro atoms. The number of benzene rings is 3. The van der Waals surface area contributed by atoms with Crippen LogP contribution >= 0.6 is 0 Å². The summed E-state index contributed by atoms with van der Waals surface area (Å²) in [7, 11) is 0. The lowest BCUT2D eigenvalue weighted by Crippen LogP contribution is -2.16. The average molecular weight is 387 g/mol. The molecule has 0 amide bonds. The largest absolute Gasteiger partial charge is 0.452 e. The molecule has 0 aliphatic carbocycles. The maximum atomic E-state index is 13.0. The maximum Gasteiger partial charge on any atom is 0.343 e. The van der Waals surface area contributed by atoms with Gasteiger partial charge in [-0.05, 0) is 24.3 Å². The molecule has 0 aliphatic rings. The van der Waals surface area contributed by atoms with Crippen molar-refractivity contribution in [2.45, 2.75) is 0 Å². The Balaban J connectivity index is 1.81. The summed E-state index contributed by atoms with van der Waals surface area (Å²) in [6.07, 6.45) is 0. The first kappa shape index (κ1) is 18.1. The number of non-ortho nitro benzene ring substituents is 1. The van der Waals surface area contributed by atoms with Crippen LogP contribution < -0.4 is 10.2 Å². The Labute approximate surface area is 163 Å². The molecule has 4 rings (SSSR count). The fourth-order valence-electron chi connectivity index (χ4n) is 2.87. The molecule has 0 radical (unpaired) electrons. The van der Waals surface area contributed by atoms with E-state index in [0.29, 0.717) is 11.1 Å². The molecule has 0 unspecified atom stereocenters. The van der Waals surface area contributed by atoms with Crippen molar-refractivity contribution < 1.29 is 18.9 Å². The van der Waals surface area contributed by atoms with E-state index >= 15 is 0 Å². The smallest absolute Gasteiger partial charge is 0.343 e. The van der Waals surface area contributed by atoms with Crippen LogP contribution in [0, 0.1) is 10.1 Å². The molecule has 4 aromatic rings. The fourth-order valence-corrected chi connectivity index (χ4v) is 2.87. The van der Waals surface area contributed by atoms with Crippen molar-refractivity contribution in [2.24, 2.45) is 0 Å². The van der Waals surface area contributed by atoms with Gasteiger partial charge in [-0.3, -0.25) is 14.9 Å². The van der Waals surface area contributed by atoms with E-state index in [1.54, 1.807) is 48.5 Å². The molecular formula is C22H13NO6. The van der Waals surface area contributed by atoms with Crippen LogP contribution in [0.1, 0.15) is 10.4 Å². The molecule has 7 nitrogen and oxygen atoms in total. The number of hydrogen-bond donors (Lipinski definition) is 0. The second-order valence-corrected chi connectivity index (χ2v) is 6.15. The third-order valence-electron chi connectivity index (χ3n) is 4.30. The van der Waals surface area contributed by atoms with Crippen LogP contribution in [0.4, 0.5) is 5.69 Å². The number of para-hydroxylation sites is 1. The lowest BCUT2D eigenvalue weighted by atomic mass is 10.1. The average Bonchev–Trinajstić information content (AvgIpc) is 2.76. The number of fused-ring (bicyclic) bond motifs is 1. The fraction of sp³-hybridized carbons (Fsp3) is 0.